The summed E-state index contributed by atoms with van der Waals surface area (Å²) in [6.07, 6.45) is 0.794. The Hall–Kier alpha value is -1.47. The fourth-order valence-corrected chi connectivity index (χ4v) is 2.47. The van der Waals surface area contributed by atoms with Gasteiger partial charge in [0.2, 0.25) is 5.91 Å². The summed E-state index contributed by atoms with van der Waals surface area (Å²) in [6.45, 7) is 1.74. The average Bonchev–Trinajstić information content (AvgIpc) is 2.78. The van der Waals surface area contributed by atoms with Gasteiger partial charge in [0, 0.05) is 32.1 Å². The molecule has 0 bridgehead atoms. The number of rotatable bonds is 2. The van der Waals surface area contributed by atoms with Crippen molar-refractivity contribution in [1.82, 2.24) is 14.8 Å². The fourth-order valence-electron chi connectivity index (χ4n) is 1.82. The van der Waals surface area contributed by atoms with Crippen molar-refractivity contribution in [1.29, 1.82) is 0 Å². The van der Waals surface area contributed by atoms with E-state index in [9.17, 15) is 9.59 Å². The number of thiazole rings is 1. The lowest BCUT2D eigenvalue weighted by Crippen LogP contribution is -2.38. The smallest absolute Gasteiger partial charge is 0.273 e. The maximum Gasteiger partial charge on any atom is 0.273 e. The topological polar surface area (TPSA) is 79.5 Å². The molecule has 1 aromatic rings. The van der Waals surface area contributed by atoms with Crippen LogP contribution in [0.15, 0.2) is 5.38 Å². The molecule has 0 atom stereocenters. The molecule has 1 aliphatic heterocycles. The molecular weight excluding hydrogens is 252 g/mol. The highest BCUT2D eigenvalue weighted by molar-refractivity contribution is 7.09. The molecule has 1 aromatic heterocycles. The van der Waals surface area contributed by atoms with E-state index in [1.807, 2.05) is 0 Å². The Kier molecular flexibility index (Phi) is 3.93. The SMILES string of the molecule is CN1CCCN(C(=O)c2csc(CN)n2)CC1=O. The molecule has 1 saturated heterocycles. The van der Waals surface area contributed by atoms with E-state index in [-0.39, 0.29) is 18.4 Å². The molecule has 2 rings (SSSR count). The first kappa shape index (κ1) is 13.0. The zero-order valence-electron chi connectivity index (χ0n) is 10.3. The third kappa shape index (κ3) is 2.68. The van der Waals surface area contributed by atoms with Crippen molar-refractivity contribution in [2.45, 2.75) is 13.0 Å². The van der Waals surface area contributed by atoms with Crippen molar-refractivity contribution in [3.8, 4) is 0 Å². The first-order valence-corrected chi connectivity index (χ1v) is 6.67. The van der Waals surface area contributed by atoms with Gasteiger partial charge in [-0.05, 0) is 6.42 Å². The summed E-state index contributed by atoms with van der Waals surface area (Å²) in [7, 11) is 1.76. The van der Waals surface area contributed by atoms with Crippen LogP contribution in [-0.2, 0) is 11.3 Å². The van der Waals surface area contributed by atoms with E-state index >= 15 is 0 Å². The molecule has 0 saturated carbocycles. The molecule has 0 unspecified atom stereocenters. The summed E-state index contributed by atoms with van der Waals surface area (Å²) in [6, 6.07) is 0. The van der Waals surface area contributed by atoms with Crippen LogP contribution in [0.25, 0.3) is 0 Å². The Morgan fingerprint density at radius 2 is 2.33 bits per heavy atom. The summed E-state index contributed by atoms with van der Waals surface area (Å²) in [4.78, 5) is 31.3. The van der Waals surface area contributed by atoms with Crippen LogP contribution in [0, 0.1) is 0 Å². The highest BCUT2D eigenvalue weighted by Gasteiger charge is 2.24. The molecule has 6 nitrogen and oxygen atoms in total. The molecule has 2 heterocycles. The normalized spacial score (nSPS) is 16.9. The number of nitrogens with two attached hydrogens (primary N) is 1. The lowest BCUT2D eigenvalue weighted by molar-refractivity contribution is -0.129. The monoisotopic (exact) mass is 268 g/mol. The summed E-state index contributed by atoms with van der Waals surface area (Å²) in [5.41, 5.74) is 5.86. The van der Waals surface area contributed by atoms with E-state index in [1.165, 1.54) is 11.3 Å². The molecule has 18 heavy (non-hydrogen) atoms. The van der Waals surface area contributed by atoms with Crippen LogP contribution in [0.4, 0.5) is 0 Å². The zero-order valence-corrected chi connectivity index (χ0v) is 11.1. The van der Waals surface area contributed by atoms with Gasteiger partial charge in [-0.2, -0.15) is 0 Å². The van der Waals surface area contributed by atoms with E-state index in [2.05, 4.69) is 4.98 Å². The molecule has 0 radical (unpaired) electrons. The van der Waals surface area contributed by atoms with Gasteiger partial charge in [0.1, 0.15) is 17.2 Å². The Balaban J connectivity index is 2.10. The number of amides is 2. The standard InChI is InChI=1S/C11H16N4O2S/c1-14-3-2-4-15(6-10(14)16)11(17)8-7-18-9(5-12)13-8/h7H,2-6,12H2,1H3. The molecule has 1 fully saturated rings. The Labute approximate surface area is 109 Å². The minimum absolute atomic E-state index is 0.0323. The Morgan fingerprint density at radius 3 is 3.00 bits per heavy atom. The van der Waals surface area contributed by atoms with Crippen molar-refractivity contribution < 1.29 is 9.59 Å². The number of likely N-dealkylation sites (N-methyl/N-ethyl adjacent to an activating group) is 1. The van der Waals surface area contributed by atoms with Gasteiger partial charge in [-0.3, -0.25) is 9.59 Å². The van der Waals surface area contributed by atoms with Crippen molar-refractivity contribution in [3.63, 3.8) is 0 Å². The van der Waals surface area contributed by atoms with E-state index in [4.69, 9.17) is 5.73 Å². The minimum Gasteiger partial charge on any atom is -0.344 e. The molecule has 7 heteroatoms. The highest BCUT2D eigenvalue weighted by atomic mass is 32.1. The second-order valence-corrected chi connectivity index (χ2v) is 5.17. The van der Waals surface area contributed by atoms with Crippen LogP contribution in [0.2, 0.25) is 0 Å². The Morgan fingerprint density at radius 1 is 1.56 bits per heavy atom. The number of hydrogen-bond acceptors (Lipinski definition) is 5. The molecule has 0 aliphatic carbocycles. The van der Waals surface area contributed by atoms with Crippen molar-refractivity contribution in [2.24, 2.45) is 5.73 Å². The maximum absolute atomic E-state index is 12.2. The largest absolute Gasteiger partial charge is 0.344 e. The van der Waals surface area contributed by atoms with Gasteiger partial charge in [-0.1, -0.05) is 0 Å². The van der Waals surface area contributed by atoms with Gasteiger partial charge in [-0.15, -0.1) is 11.3 Å². The summed E-state index contributed by atoms with van der Waals surface area (Å²) in [5.74, 6) is -0.218. The quantitative estimate of drug-likeness (QED) is 0.812. The van der Waals surface area contributed by atoms with Crippen LogP contribution < -0.4 is 5.73 Å². The van der Waals surface area contributed by atoms with Crippen LogP contribution in [-0.4, -0.2) is 53.3 Å². The predicted octanol–water partition coefficient (Wildman–Crippen LogP) is -0.0939. The summed E-state index contributed by atoms with van der Waals surface area (Å²) < 4.78 is 0. The number of aromatic nitrogens is 1. The molecule has 2 N–H and O–H groups in total. The van der Waals surface area contributed by atoms with Crippen LogP contribution in [0.5, 0.6) is 0 Å². The lowest BCUT2D eigenvalue weighted by Gasteiger charge is -2.18. The molecular formula is C11H16N4O2S. The first-order valence-electron chi connectivity index (χ1n) is 5.79. The summed E-state index contributed by atoms with van der Waals surface area (Å²) in [5, 5.41) is 2.43. The van der Waals surface area contributed by atoms with Gasteiger partial charge in [-0.25, -0.2) is 4.98 Å². The number of carbonyl (C=O) groups is 2. The van der Waals surface area contributed by atoms with Gasteiger partial charge in [0.15, 0.2) is 0 Å². The van der Waals surface area contributed by atoms with E-state index in [1.54, 1.807) is 22.2 Å². The summed E-state index contributed by atoms with van der Waals surface area (Å²) >= 11 is 1.37. The van der Waals surface area contributed by atoms with Gasteiger partial charge in [0.05, 0.1) is 0 Å². The predicted molar refractivity (Wildman–Crippen MR) is 68.2 cm³/mol. The average molecular weight is 268 g/mol. The van der Waals surface area contributed by atoms with Crippen molar-refractivity contribution >= 4 is 23.2 Å². The minimum atomic E-state index is -0.186. The number of carbonyl (C=O) groups excluding carboxylic acids is 2. The maximum atomic E-state index is 12.2. The third-order valence-corrected chi connectivity index (χ3v) is 3.78. The van der Waals surface area contributed by atoms with E-state index in [0.29, 0.717) is 25.3 Å². The number of nitrogens with zero attached hydrogens (tertiary/aromatic N) is 3. The van der Waals surface area contributed by atoms with E-state index in [0.717, 1.165) is 11.4 Å². The van der Waals surface area contributed by atoms with Crippen LogP contribution >= 0.6 is 11.3 Å². The third-order valence-electron chi connectivity index (χ3n) is 2.91. The van der Waals surface area contributed by atoms with Crippen molar-refractivity contribution in [3.05, 3.63) is 16.1 Å². The molecule has 98 valence electrons. The molecule has 0 spiro atoms. The molecule has 2 amide bonds. The molecule has 0 aromatic carbocycles. The van der Waals surface area contributed by atoms with E-state index < -0.39 is 0 Å². The van der Waals surface area contributed by atoms with Crippen LogP contribution in [0.3, 0.4) is 0 Å². The van der Waals surface area contributed by atoms with Gasteiger partial charge >= 0.3 is 0 Å². The van der Waals surface area contributed by atoms with Crippen molar-refractivity contribution in [2.75, 3.05) is 26.7 Å². The lowest BCUT2D eigenvalue weighted by atomic mass is 10.3. The second kappa shape index (κ2) is 5.45. The fraction of sp³-hybridized carbons (Fsp3) is 0.545. The highest BCUT2D eigenvalue weighted by Crippen LogP contribution is 2.13. The van der Waals surface area contributed by atoms with Crippen LogP contribution in [0.1, 0.15) is 21.9 Å². The zero-order chi connectivity index (χ0) is 13.1. The first-order chi connectivity index (χ1) is 8.61. The van der Waals surface area contributed by atoms with Gasteiger partial charge < -0.3 is 15.5 Å². The molecule has 1 aliphatic rings. The Bertz CT molecular complexity index is 460. The number of hydrogen-bond donors (Lipinski definition) is 1. The second-order valence-electron chi connectivity index (χ2n) is 4.23. The van der Waals surface area contributed by atoms with Gasteiger partial charge in [0.25, 0.3) is 5.91 Å².